The van der Waals surface area contributed by atoms with Crippen molar-refractivity contribution in [1.82, 2.24) is 0 Å². The summed E-state index contributed by atoms with van der Waals surface area (Å²) >= 11 is 4.79. The molecule has 0 amide bonds. The van der Waals surface area contributed by atoms with Crippen LogP contribution in [-0.2, 0) is 10.0 Å². The van der Waals surface area contributed by atoms with Gasteiger partial charge >= 0.3 is 0 Å². The van der Waals surface area contributed by atoms with Crippen LogP contribution in [0.5, 0.6) is 0 Å². The van der Waals surface area contributed by atoms with Gasteiger partial charge in [-0.05, 0) is 25.5 Å². The molecule has 7 heteroatoms. The highest BCUT2D eigenvalue weighted by Gasteiger charge is 2.33. The van der Waals surface area contributed by atoms with Crippen molar-refractivity contribution in [3.8, 4) is 0 Å². The van der Waals surface area contributed by atoms with E-state index in [-0.39, 0.29) is 23.6 Å². The van der Waals surface area contributed by atoms with E-state index in [9.17, 15) is 12.8 Å². The third-order valence-electron chi connectivity index (χ3n) is 2.76. The zero-order valence-electron chi connectivity index (χ0n) is 10.8. The number of benzene rings is 1. The van der Waals surface area contributed by atoms with Crippen molar-refractivity contribution in [1.29, 1.82) is 0 Å². The van der Waals surface area contributed by atoms with Gasteiger partial charge in [0.1, 0.15) is 11.1 Å². The summed E-state index contributed by atoms with van der Waals surface area (Å²) in [5, 5.41) is -0.984. The Hall–Kier alpha value is -1.21. The van der Waals surface area contributed by atoms with E-state index >= 15 is 0 Å². The molecule has 1 aromatic carbocycles. The highest BCUT2D eigenvalue weighted by atomic mass is 32.2. The van der Waals surface area contributed by atoms with Gasteiger partial charge in [-0.25, -0.2) is 12.8 Å². The summed E-state index contributed by atoms with van der Waals surface area (Å²) < 4.78 is 39.7. The first-order valence-corrected chi connectivity index (χ1v) is 7.82. The molecule has 0 spiro atoms. The lowest BCUT2D eigenvalue weighted by Crippen LogP contribution is -2.44. The number of anilines is 1. The second kappa shape index (κ2) is 6.29. The van der Waals surface area contributed by atoms with E-state index in [2.05, 4.69) is 0 Å². The molecule has 0 saturated heterocycles. The SMILES string of the molecule is CCC(C(N)=S)S(=O)(=O)N(CC)c1ccccc1F. The van der Waals surface area contributed by atoms with Crippen LogP contribution in [0.4, 0.5) is 10.1 Å². The standard InChI is InChI=1S/C12H17FN2O2S2/c1-3-11(12(14)18)19(16,17)15(4-2)10-8-6-5-7-9(10)13/h5-8,11H,3-4H2,1-2H3,(H2,14,18). The van der Waals surface area contributed by atoms with Crippen LogP contribution in [0.25, 0.3) is 0 Å². The monoisotopic (exact) mass is 304 g/mol. The molecular formula is C12H17FN2O2S2. The lowest BCUT2D eigenvalue weighted by atomic mass is 10.3. The number of para-hydroxylation sites is 1. The number of halogens is 1. The number of nitrogens with zero attached hydrogens (tertiary/aromatic N) is 1. The zero-order chi connectivity index (χ0) is 14.6. The summed E-state index contributed by atoms with van der Waals surface area (Å²) in [5.74, 6) is -0.592. The molecule has 0 heterocycles. The Labute approximate surface area is 118 Å². The fourth-order valence-corrected chi connectivity index (χ4v) is 4.19. The van der Waals surface area contributed by atoms with Crippen LogP contribution >= 0.6 is 12.2 Å². The summed E-state index contributed by atoms with van der Waals surface area (Å²) in [5.41, 5.74) is 5.49. The Kier molecular flexibility index (Phi) is 5.25. The van der Waals surface area contributed by atoms with Gasteiger partial charge in [0.2, 0.25) is 10.0 Å². The van der Waals surface area contributed by atoms with Crippen molar-refractivity contribution in [2.24, 2.45) is 5.73 Å². The molecule has 1 atom stereocenters. The normalized spacial score (nSPS) is 13.0. The topological polar surface area (TPSA) is 63.4 Å². The van der Waals surface area contributed by atoms with Crippen LogP contribution in [0, 0.1) is 5.82 Å². The van der Waals surface area contributed by atoms with Crippen molar-refractivity contribution in [3.05, 3.63) is 30.1 Å². The van der Waals surface area contributed by atoms with Crippen molar-refractivity contribution in [2.45, 2.75) is 25.5 Å². The summed E-state index contributed by atoms with van der Waals surface area (Å²) in [6.07, 6.45) is 0.253. The highest BCUT2D eigenvalue weighted by Crippen LogP contribution is 2.24. The molecule has 0 radical (unpaired) electrons. The Balaban J connectivity index is 3.31. The number of hydrogen-bond acceptors (Lipinski definition) is 3. The van der Waals surface area contributed by atoms with E-state index in [0.717, 1.165) is 4.31 Å². The Bertz CT molecular complexity index is 561. The minimum atomic E-state index is -3.81. The Morgan fingerprint density at radius 3 is 2.42 bits per heavy atom. The van der Waals surface area contributed by atoms with E-state index in [1.54, 1.807) is 19.9 Å². The molecule has 0 aromatic heterocycles. The smallest absolute Gasteiger partial charge is 0.244 e. The maximum atomic E-state index is 13.8. The van der Waals surface area contributed by atoms with Crippen LogP contribution in [0.1, 0.15) is 20.3 Å². The molecule has 1 rings (SSSR count). The van der Waals surface area contributed by atoms with Gasteiger partial charge < -0.3 is 5.73 Å². The third-order valence-corrected chi connectivity index (χ3v) is 5.57. The average molecular weight is 304 g/mol. The van der Waals surface area contributed by atoms with Gasteiger partial charge in [-0.1, -0.05) is 31.3 Å². The molecule has 1 unspecified atom stereocenters. The van der Waals surface area contributed by atoms with Crippen molar-refractivity contribution in [2.75, 3.05) is 10.8 Å². The minimum Gasteiger partial charge on any atom is -0.392 e. The quantitative estimate of drug-likeness (QED) is 0.817. The summed E-state index contributed by atoms with van der Waals surface area (Å²) in [4.78, 5) is -0.0997. The van der Waals surface area contributed by atoms with Crippen LogP contribution in [0.2, 0.25) is 0 Å². The first-order valence-electron chi connectivity index (χ1n) is 5.91. The number of rotatable bonds is 6. The second-order valence-corrected chi connectivity index (χ2v) is 6.47. The molecule has 1 aromatic rings. The third kappa shape index (κ3) is 3.22. The Morgan fingerprint density at radius 2 is 2.00 bits per heavy atom. The predicted molar refractivity (Wildman–Crippen MR) is 79.2 cm³/mol. The molecule has 0 aliphatic heterocycles. The van der Waals surface area contributed by atoms with E-state index in [0.29, 0.717) is 0 Å². The molecule has 0 aliphatic rings. The van der Waals surface area contributed by atoms with Gasteiger partial charge in [0.15, 0.2) is 0 Å². The molecule has 0 aliphatic carbocycles. The zero-order valence-corrected chi connectivity index (χ0v) is 12.5. The highest BCUT2D eigenvalue weighted by molar-refractivity contribution is 7.95. The van der Waals surface area contributed by atoms with Crippen molar-refractivity contribution >= 4 is 32.9 Å². The number of hydrogen-bond donors (Lipinski definition) is 1. The maximum Gasteiger partial charge on any atom is 0.244 e. The first-order chi connectivity index (χ1) is 8.86. The molecule has 19 heavy (non-hydrogen) atoms. The fraction of sp³-hybridized carbons (Fsp3) is 0.417. The first kappa shape index (κ1) is 15.8. The fourth-order valence-electron chi connectivity index (χ4n) is 1.85. The van der Waals surface area contributed by atoms with Gasteiger partial charge in [-0.15, -0.1) is 0 Å². The van der Waals surface area contributed by atoms with Crippen LogP contribution in [0.3, 0.4) is 0 Å². The molecule has 0 fully saturated rings. The van der Waals surface area contributed by atoms with Crippen LogP contribution in [-0.4, -0.2) is 25.2 Å². The summed E-state index contributed by atoms with van der Waals surface area (Å²) in [7, 11) is -3.81. The van der Waals surface area contributed by atoms with Gasteiger partial charge in [0.25, 0.3) is 0 Å². The largest absolute Gasteiger partial charge is 0.392 e. The van der Waals surface area contributed by atoms with E-state index in [1.165, 1.54) is 18.2 Å². The van der Waals surface area contributed by atoms with Gasteiger partial charge in [-0.2, -0.15) is 0 Å². The number of nitrogens with two attached hydrogens (primary N) is 1. The lowest BCUT2D eigenvalue weighted by Gasteiger charge is -2.27. The maximum absolute atomic E-state index is 13.8. The molecule has 0 bridgehead atoms. The van der Waals surface area contributed by atoms with E-state index in [4.69, 9.17) is 18.0 Å². The number of sulfonamides is 1. The Morgan fingerprint density at radius 1 is 1.42 bits per heavy atom. The molecular weight excluding hydrogens is 287 g/mol. The van der Waals surface area contributed by atoms with Crippen LogP contribution in [0.15, 0.2) is 24.3 Å². The average Bonchev–Trinajstić information content (AvgIpc) is 2.32. The van der Waals surface area contributed by atoms with E-state index in [1.807, 2.05) is 0 Å². The van der Waals surface area contributed by atoms with Crippen LogP contribution < -0.4 is 10.0 Å². The van der Waals surface area contributed by atoms with Gasteiger partial charge in [0, 0.05) is 6.54 Å². The number of thiocarbonyl (C=S) groups is 1. The predicted octanol–water partition coefficient (Wildman–Crippen LogP) is 2.05. The lowest BCUT2D eigenvalue weighted by molar-refractivity contribution is 0.580. The summed E-state index contributed by atoms with van der Waals surface area (Å²) in [6.45, 7) is 3.43. The second-order valence-electron chi connectivity index (χ2n) is 3.96. The van der Waals surface area contributed by atoms with Crippen molar-refractivity contribution < 1.29 is 12.8 Å². The van der Waals surface area contributed by atoms with E-state index < -0.39 is 21.1 Å². The minimum absolute atomic E-state index is 0.0136. The molecule has 106 valence electrons. The van der Waals surface area contributed by atoms with Crippen molar-refractivity contribution in [3.63, 3.8) is 0 Å². The molecule has 2 N–H and O–H groups in total. The molecule has 0 saturated carbocycles. The van der Waals surface area contributed by atoms with Gasteiger partial charge in [-0.3, -0.25) is 4.31 Å². The molecule has 4 nitrogen and oxygen atoms in total. The summed E-state index contributed by atoms with van der Waals surface area (Å²) in [6, 6.07) is 5.72. The van der Waals surface area contributed by atoms with Gasteiger partial charge in [0.05, 0.1) is 10.7 Å².